The molecule has 0 unspecified atom stereocenters. The third kappa shape index (κ3) is 6.82. The molecular weight excluding hydrogens is 426 g/mol. The largest absolute Gasteiger partial charge is 0.354 e. The standard InChI is InChI=1S/C24H33N3O4S/c1-5-16-25-24(29)21(6-2)26(17-20-13-8-7-9-14-20)23(28)18-27(32(4,30)31)22-15-11-10-12-19(22)3/h7-15,21H,5-6,16-18H2,1-4H3,(H,25,29)/t21-/m0/s1. The van der Waals surface area contributed by atoms with E-state index in [2.05, 4.69) is 5.32 Å². The van der Waals surface area contributed by atoms with Gasteiger partial charge in [0.2, 0.25) is 21.8 Å². The first-order valence-corrected chi connectivity index (χ1v) is 12.7. The maximum atomic E-state index is 13.5. The van der Waals surface area contributed by atoms with Gasteiger partial charge in [-0.05, 0) is 37.0 Å². The van der Waals surface area contributed by atoms with Crippen LogP contribution in [0.1, 0.15) is 37.8 Å². The van der Waals surface area contributed by atoms with Crippen molar-refractivity contribution in [1.29, 1.82) is 0 Å². The fourth-order valence-electron chi connectivity index (χ4n) is 3.50. The minimum absolute atomic E-state index is 0.211. The third-order valence-electron chi connectivity index (χ3n) is 5.19. The smallest absolute Gasteiger partial charge is 0.244 e. The van der Waals surface area contributed by atoms with E-state index in [9.17, 15) is 18.0 Å². The average molecular weight is 460 g/mol. The Morgan fingerprint density at radius 3 is 2.19 bits per heavy atom. The van der Waals surface area contributed by atoms with Gasteiger partial charge in [-0.3, -0.25) is 13.9 Å². The van der Waals surface area contributed by atoms with E-state index in [-0.39, 0.29) is 19.0 Å². The topological polar surface area (TPSA) is 86.8 Å². The van der Waals surface area contributed by atoms with Crippen LogP contribution in [0.2, 0.25) is 0 Å². The first-order valence-electron chi connectivity index (χ1n) is 10.8. The molecule has 0 aliphatic heterocycles. The predicted octanol–water partition coefficient (Wildman–Crippen LogP) is 3.09. The summed E-state index contributed by atoms with van der Waals surface area (Å²) in [5.74, 6) is -0.665. The van der Waals surface area contributed by atoms with Crippen LogP contribution in [0.3, 0.4) is 0 Å². The highest BCUT2D eigenvalue weighted by molar-refractivity contribution is 7.92. The van der Waals surface area contributed by atoms with Gasteiger partial charge in [-0.2, -0.15) is 0 Å². The van der Waals surface area contributed by atoms with Gasteiger partial charge in [-0.25, -0.2) is 8.42 Å². The maximum absolute atomic E-state index is 13.5. The summed E-state index contributed by atoms with van der Waals surface area (Å²) < 4.78 is 26.3. The van der Waals surface area contributed by atoms with E-state index in [1.165, 1.54) is 4.90 Å². The molecule has 0 aromatic heterocycles. The van der Waals surface area contributed by atoms with Crippen molar-refractivity contribution in [3.05, 3.63) is 65.7 Å². The summed E-state index contributed by atoms with van der Waals surface area (Å²) in [5.41, 5.74) is 2.06. The van der Waals surface area contributed by atoms with Crippen LogP contribution in [0.15, 0.2) is 54.6 Å². The minimum atomic E-state index is -3.72. The lowest BCUT2D eigenvalue weighted by Gasteiger charge is -2.33. The van der Waals surface area contributed by atoms with Crippen molar-refractivity contribution in [2.45, 2.75) is 46.2 Å². The zero-order chi connectivity index (χ0) is 23.7. The summed E-state index contributed by atoms with van der Waals surface area (Å²) in [6.07, 6.45) is 2.28. The first kappa shape index (κ1) is 25.4. The van der Waals surface area contributed by atoms with E-state index >= 15 is 0 Å². The highest BCUT2D eigenvalue weighted by Crippen LogP contribution is 2.23. The Labute approximate surface area is 191 Å². The number of para-hydroxylation sites is 1. The third-order valence-corrected chi connectivity index (χ3v) is 6.32. The number of anilines is 1. The summed E-state index contributed by atoms with van der Waals surface area (Å²) in [5, 5.41) is 2.86. The summed E-state index contributed by atoms with van der Waals surface area (Å²) in [6.45, 7) is 5.95. The Bertz CT molecular complexity index is 1010. The van der Waals surface area contributed by atoms with Crippen molar-refractivity contribution >= 4 is 27.5 Å². The zero-order valence-electron chi connectivity index (χ0n) is 19.2. The molecule has 1 atom stereocenters. The van der Waals surface area contributed by atoms with Gasteiger partial charge in [0.25, 0.3) is 0 Å². The van der Waals surface area contributed by atoms with Crippen molar-refractivity contribution < 1.29 is 18.0 Å². The molecule has 32 heavy (non-hydrogen) atoms. The van der Waals surface area contributed by atoms with Crippen LogP contribution in [0.25, 0.3) is 0 Å². The molecule has 0 aliphatic carbocycles. The van der Waals surface area contributed by atoms with Gasteiger partial charge in [0.15, 0.2) is 0 Å². The highest BCUT2D eigenvalue weighted by atomic mass is 32.2. The fourth-order valence-corrected chi connectivity index (χ4v) is 4.41. The Balaban J connectivity index is 2.41. The fraction of sp³-hybridized carbons (Fsp3) is 0.417. The number of aryl methyl sites for hydroxylation is 1. The van der Waals surface area contributed by atoms with E-state index in [4.69, 9.17) is 0 Å². The van der Waals surface area contributed by atoms with Crippen molar-refractivity contribution in [1.82, 2.24) is 10.2 Å². The maximum Gasteiger partial charge on any atom is 0.244 e. The second-order valence-corrected chi connectivity index (χ2v) is 9.69. The van der Waals surface area contributed by atoms with Gasteiger partial charge in [0, 0.05) is 13.1 Å². The molecule has 174 valence electrons. The number of carbonyl (C=O) groups excluding carboxylic acids is 2. The van der Waals surface area contributed by atoms with E-state index in [1.54, 1.807) is 25.1 Å². The van der Waals surface area contributed by atoms with Crippen LogP contribution < -0.4 is 9.62 Å². The van der Waals surface area contributed by atoms with Crippen LogP contribution in [0.5, 0.6) is 0 Å². The van der Waals surface area contributed by atoms with Gasteiger partial charge in [-0.15, -0.1) is 0 Å². The summed E-state index contributed by atoms with van der Waals surface area (Å²) in [6, 6.07) is 15.7. The normalized spacial score (nSPS) is 12.1. The molecule has 0 aliphatic rings. The molecule has 2 amide bonds. The van der Waals surface area contributed by atoms with Gasteiger partial charge in [0.1, 0.15) is 12.6 Å². The lowest BCUT2D eigenvalue weighted by atomic mass is 10.1. The Morgan fingerprint density at radius 2 is 1.62 bits per heavy atom. The molecule has 2 aromatic rings. The number of nitrogens with one attached hydrogen (secondary N) is 1. The molecule has 7 nitrogen and oxygen atoms in total. The quantitative estimate of drug-likeness (QED) is 0.559. The van der Waals surface area contributed by atoms with E-state index < -0.39 is 22.0 Å². The molecule has 0 heterocycles. The summed E-state index contributed by atoms with van der Waals surface area (Å²) in [7, 11) is -3.72. The molecule has 0 bridgehead atoms. The van der Waals surface area contributed by atoms with Crippen molar-refractivity contribution in [3.8, 4) is 0 Å². The molecule has 0 saturated carbocycles. The van der Waals surface area contributed by atoms with Gasteiger partial charge in [-0.1, -0.05) is 62.4 Å². The molecule has 0 spiro atoms. The predicted molar refractivity (Wildman–Crippen MR) is 128 cm³/mol. The molecule has 2 aromatic carbocycles. The number of sulfonamides is 1. The SMILES string of the molecule is CCCNC(=O)[C@H](CC)N(Cc1ccccc1)C(=O)CN(c1ccccc1C)S(C)(=O)=O. The number of benzene rings is 2. The Kier molecular flexibility index (Phi) is 9.26. The van der Waals surface area contributed by atoms with E-state index in [0.717, 1.165) is 28.1 Å². The number of rotatable bonds is 11. The average Bonchev–Trinajstić information content (AvgIpc) is 2.76. The highest BCUT2D eigenvalue weighted by Gasteiger charge is 2.31. The van der Waals surface area contributed by atoms with Crippen molar-refractivity contribution in [2.75, 3.05) is 23.7 Å². The van der Waals surface area contributed by atoms with E-state index in [1.807, 2.05) is 50.2 Å². The van der Waals surface area contributed by atoms with Crippen molar-refractivity contribution in [3.63, 3.8) is 0 Å². The second kappa shape index (κ2) is 11.7. The number of hydrogen-bond acceptors (Lipinski definition) is 4. The lowest BCUT2D eigenvalue weighted by Crippen LogP contribution is -2.52. The number of amides is 2. The van der Waals surface area contributed by atoms with Crippen LogP contribution in [0.4, 0.5) is 5.69 Å². The van der Waals surface area contributed by atoms with Crippen LogP contribution >= 0.6 is 0 Å². The first-order chi connectivity index (χ1) is 15.2. The number of hydrogen-bond donors (Lipinski definition) is 1. The van der Waals surface area contributed by atoms with Gasteiger partial charge < -0.3 is 10.2 Å². The van der Waals surface area contributed by atoms with Crippen LogP contribution in [-0.2, 0) is 26.2 Å². The molecule has 0 saturated heterocycles. The van der Waals surface area contributed by atoms with Gasteiger partial charge >= 0.3 is 0 Å². The molecular formula is C24H33N3O4S. The Morgan fingerprint density at radius 1 is 1.00 bits per heavy atom. The molecule has 0 radical (unpaired) electrons. The summed E-state index contributed by atoms with van der Waals surface area (Å²) >= 11 is 0. The van der Waals surface area contributed by atoms with Crippen molar-refractivity contribution in [2.24, 2.45) is 0 Å². The van der Waals surface area contributed by atoms with E-state index in [0.29, 0.717) is 18.7 Å². The second-order valence-electron chi connectivity index (χ2n) is 7.78. The summed E-state index contributed by atoms with van der Waals surface area (Å²) in [4.78, 5) is 27.8. The van der Waals surface area contributed by atoms with Crippen LogP contribution in [0, 0.1) is 6.92 Å². The lowest BCUT2D eigenvalue weighted by molar-refractivity contribution is -0.140. The molecule has 2 rings (SSSR count). The monoisotopic (exact) mass is 459 g/mol. The molecule has 0 fully saturated rings. The minimum Gasteiger partial charge on any atom is -0.354 e. The Hall–Kier alpha value is -2.87. The van der Waals surface area contributed by atoms with Crippen LogP contribution in [-0.4, -0.2) is 50.5 Å². The molecule has 1 N–H and O–H groups in total. The number of carbonyl (C=O) groups is 2. The number of nitrogens with zero attached hydrogens (tertiary/aromatic N) is 2. The zero-order valence-corrected chi connectivity index (χ0v) is 20.1. The molecule has 8 heteroatoms. The van der Waals surface area contributed by atoms with Gasteiger partial charge in [0.05, 0.1) is 11.9 Å².